The fraction of sp³-hybridized carbons (Fsp3) is 0.333. The van der Waals surface area contributed by atoms with Crippen molar-refractivity contribution in [1.82, 2.24) is 14.7 Å². The SMILES string of the molecule is COc1cccc2c1ccn2Cc1nc(C(C)C)no1. The minimum atomic E-state index is 0.272. The molecule has 0 N–H and O–H groups in total. The molecule has 1 aromatic carbocycles. The Bertz CT molecular complexity index is 728. The first-order valence-corrected chi connectivity index (χ1v) is 6.63. The molecule has 20 heavy (non-hydrogen) atoms. The topological polar surface area (TPSA) is 53.1 Å². The fourth-order valence-electron chi connectivity index (χ4n) is 2.22. The number of fused-ring (bicyclic) bond motifs is 1. The fourth-order valence-corrected chi connectivity index (χ4v) is 2.22. The summed E-state index contributed by atoms with van der Waals surface area (Å²) in [4.78, 5) is 4.40. The lowest BCUT2D eigenvalue weighted by molar-refractivity contribution is 0.366. The smallest absolute Gasteiger partial charge is 0.246 e. The summed E-state index contributed by atoms with van der Waals surface area (Å²) in [5.74, 6) is 2.51. The highest BCUT2D eigenvalue weighted by atomic mass is 16.5. The number of methoxy groups -OCH3 is 1. The number of rotatable bonds is 4. The van der Waals surface area contributed by atoms with E-state index in [1.165, 1.54) is 0 Å². The lowest BCUT2D eigenvalue weighted by Gasteiger charge is -2.04. The molecule has 0 aliphatic rings. The van der Waals surface area contributed by atoms with Gasteiger partial charge in [-0.25, -0.2) is 0 Å². The van der Waals surface area contributed by atoms with Gasteiger partial charge in [-0.2, -0.15) is 4.98 Å². The van der Waals surface area contributed by atoms with E-state index in [-0.39, 0.29) is 5.92 Å². The first kappa shape index (κ1) is 12.7. The van der Waals surface area contributed by atoms with E-state index in [9.17, 15) is 0 Å². The molecule has 0 bridgehead atoms. The third kappa shape index (κ3) is 2.15. The van der Waals surface area contributed by atoms with E-state index in [0.717, 1.165) is 22.5 Å². The zero-order chi connectivity index (χ0) is 14.1. The summed E-state index contributed by atoms with van der Waals surface area (Å²) in [5, 5.41) is 5.07. The summed E-state index contributed by atoms with van der Waals surface area (Å²) in [6, 6.07) is 8.02. The highest BCUT2D eigenvalue weighted by Gasteiger charge is 2.12. The lowest BCUT2D eigenvalue weighted by Crippen LogP contribution is -1.99. The van der Waals surface area contributed by atoms with Crippen molar-refractivity contribution in [3.8, 4) is 5.75 Å². The van der Waals surface area contributed by atoms with Gasteiger partial charge in [0.2, 0.25) is 5.89 Å². The van der Waals surface area contributed by atoms with Gasteiger partial charge in [0.05, 0.1) is 12.6 Å². The summed E-state index contributed by atoms with van der Waals surface area (Å²) in [5.41, 5.74) is 1.09. The van der Waals surface area contributed by atoms with Gasteiger partial charge >= 0.3 is 0 Å². The average molecular weight is 271 g/mol. The number of hydrogen-bond acceptors (Lipinski definition) is 4. The van der Waals surface area contributed by atoms with E-state index in [0.29, 0.717) is 12.4 Å². The van der Waals surface area contributed by atoms with Crippen LogP contribution in [-0.4, -0.2) is 21.8 Å². The Morgan fingerprint density at radius 2 is 2.15 bits per heavy atom. The second-order valence-electron chi connectivity index (χ2n) is 5.04. The molecule has 0 saturated heterocycles. The molecule has 0 radical (unpaired) electrons. The predicted molar refractivity (Wildman–Crippen MR) is 76.0 cm³/mol. The highest BCUT2D eigenvalue weighted by molar-refractivity contribution is 5.86. The van der Waals surface area contributed by atoms with Crippen molar-refractivity contribution in [2.45, 2.75) is 26.3 Å². The Morgan fingerprint density at radius 3 is 2.85 bits per heavy atom. The minimum Gasteiger partial charge on any atom is -0.496 e. The van der Waals surface area contributed by atoms with E-state index in [1.54, 1.807) is 7.11 Å². The molecule has 0 atom stereocenters. The molecule has 0 saturated carbocycles. The molecular formula is C15H17N3O2. The molecular weight excluding hydrogens is 254 g/mol. The van der Waals surface area contributed by atoms with E-state index in [1.807, 2.05) is 38.2 Å². The monoisotopic (exact) mass is 271 g/mol. The quantitative estimate of drug-likeness (QED) is 0.731. The average Bonchev–Trinajstić information content (AvgIpc) is 3.06. The molecule has 0 spiro atoms. The Kier molecular flexibility index (Phi) is 3.18. The van der Waals surface area contributed by atoms with Gasteiger partial charge in [0.15, 0.2) is 5.82 Å². The van der Waals surface area contributed by atoms with E-state index in [4.69, 9.17) is 9.26 Å². The maximum atomic E-state index is 5.36. The third-order valence-electron chi connectivity index (χ3n) is 3.30. The molecule has 104 valence electrons. The van der Waals surface area contributed by atoms with Crippen LogP contribution in [0.2, 0.25) is 0 Å². The van der Waals surface area contributed by atoms with Crippen molar-refractivity contribution < 1.29 is 9.26 Å². The van der Waals surface area contributed by atoms with Crippen LogP contribution in [0, 0.1) is 0 Å². The van der Waals surface area contributed by atoms with Gasteiger partial charge in [-0.15, -0.1) is 0 Å². The predicted octanol–water partition coefficient (Wildman–Crippen LogP) is 3.20. The van der Waals surface area contributed by atoms with Crippen LogP contribution in [0.1, 0.15) is 31.5 Å². The van der Waals surface area contributed by atoms with Crippen molar-refractivity contribution in [3.63, 3.8) is 0 Å². The standard InChI is InChI=1S/C15H17N3O2/c1-10(2)15-16-14(20-17-15)9-18-8-7-11-12(18)5-4-6-13(11)19-3/h4-8,10H,9H2,1-3H3. The molecule has 2 heterocycles. The van der Waals surface area contributed by atoms with Crippen molar-refractivity contribution in [2.24, 2.45) is 0 Å². The summed E-state index contributed by atoms with van der Waals surface area (Å²) in [6.07, 6.45) is 2.01. The minimum absolute atomic E-state index is 0.272. The van der Waals surface area contributed by atoms with Gasteiger partial charge in [0.25, 0.3) is 0 Å². The number of nitrogens with zero attached hydrogens (tertiary/aromatic N) is 3. The van der Waals surface area contributed by atoms with Crippen LogP contribution in [0.25, 0.3) is 10.9 Å². The normalized spacial score (nSPS) is 11.4. The van der Waals surface area contributed by atoms with Gasteiger partial charge < -0.3 is 13.8 Å². The molecule has 0 amide bonds. The Labute approximate surface area is 117 Å². The van der Waals surface area contributed by atoms with Crippen molar-refractivity contribution in [3.05, 3.63) is 42.2 Å². The Hall–Kier alpha value is -2.30. The van der Waals surface area contributed by atoms with Crippen LogP contribution in [0.3, 0.4) is 0 Å². The van der Waals surface area contributed by atoms with Crippen molar-refractivity contribution >= 4 is 10.9 Å². The number of hydrogen-bond donors (Lipinski definition) is 0. The molecule has 0 aliphatic carbocycles. The van der Waals surface area contributed by atoms with Crippen LogP contribution in [0.5, 0.6) is 5.75 Å². The number of benzene rings is 1. The highest BCUT2D eigenvalue weighted by Crippen LogP contribution is 2.26. The number of aromatic nitrogens is 3. The van der Waals surface area contributed by atoms with Crippen LogP contribution < -0.4 is 4.74 Å². The zero-order valence-corrected chi connectivity index (χ0v) is 11.8. The van der Waals surface area contributed by atoms with Gasteiger partial charge in [-0.3, -0.25) is 0 Å². The van der Waals surface area contributed by atoms with E-state index in [2.05, 4.69) is 20.8 Å². The van der Waals surface area contributed by atoms with Gasteiger partial charge in [-0.05, 0) is 18.2 Å². The third-order valence-corrected chi connectivity index (χ3v) is 3.30. The Balaban J connectivity index is 1.94. The second-order valence-corrected chi connectivity index (χ2v) is 5.04. The summed E-state index contributed by atoms with van der Waals surface area (Å²) in [7, 11) is 1.68. The van der Waals surface area contributed by atoms with Crippen LogP contribution >= 0.6 is 0 Å². The van der Waals surface area contributed by atoms with Crippen LogP contribution in [0.4, 0.5) is 0 Å². The van der Waals surface area contributed by atoms with Crippen LogP contribution in [0.15, 0.2) is 35.0 Å². The molecule has 0 unspecified atom stereocenters. The second kappa shape index (κ2) is 5.00. The number of ether oxygens (including phenoxy) is 1. The molecule has 0 aliphatic heterocycles. The lowest BCUT2D eigenvalue weighted by atomic mass is 10.2. The first-order chi connectivity index (χ1) is 9.69. The van der Waals surface area contributed by atoms with Crippen LogP contribution in [-0.2, 0) is 6.54 Å². The molecule has 3 rings (SSSR count). The van der Waals surface area contributed by atoms with Gasteiger partial charge in [0, 0.05) is 17.5 Å². The Morgan fingerprint density at radius 1 is 1.30 bits per heavy atom. The van der Waals surface area contributed by atoms with E-state index >= 15 is 0 Å². The van der Waals surface area contributed by atoms with E-state index < -0.39 is 0 Å². The summed E-state index contributed by atoms with van der Waals surface area (Å²) >= 11 is 0. The van der Waals surface area contributed by atoms with Gasteiger partial charge in [0.1, 0.15) is 12.3 Å². The molecule has 5 heteroatoms. The van der Waals surface area contributed by atoms with Gasteiger partial charge in [-0.1, -0.05) is 25.1 Å². The largest absolute Gasteiger partial charge is 0.496 e. The maximum absolute atomic E-state index is 5.36. The maximum Gasteiger partial charge on any atom is 0.246 e. The zero-order valence-electron chi connectivity index (χ0n) is 11.8. The summed E-state index contributed by atoms with van der Waals surface area (Å²) < 4.78 is 12.7. The molecule has 0 fully saturated rings. The first-order valence-electron chi connectivity index (χ1n) is 6.63. The van der Waals surface area contributed by atoms with Crippen molar-refractivity contribution in [2.75, 3.05) is 7.11 Å². The van der Waals surface area contributed by atoms with Crippen molar-refractivity contribution in [1.29, 1.82) is 0 Å². The summed E-state index contributed by atoms with van der Waals surface area (Å²) in [6.45, 7) is 4.66. The molecule has 5 nitrogen and oxygen atoms in total. The molecule has 2 aromatic heterocycles. The molecule has 3 aromatic rings.